The predicted molar refractivity (Wildman–Crippen MR) is 132 cm³/mol. The van der Waals surface area contributed by atoms with Crippen molar-refractivity contribution in [2.45, 2.75) is 18.5 Å². The highest BCUT2D eigenvalue weighted by Crippen LogP contribution is 2.39. The van der Waals surface area contributed by atoms with Crippen molar-refractivity contribution in [3.05, 3.63) is 83.9 Å². The van der Waals surface area contributed by atoms with Gasteiger partial charge in [-0.15, -0.1) is 0 Å². The van der Waals surface area contributed by atoms with E-state index in [1.165, 1.54) is 7.11 Å². The first-order valence-electron chi connectivity index (χ1n) is 11.0. The van der Waals surface area contributed by atoms with Gasteiger partial charge in [0.25, 0.3) is 0 Å². The third-order valence-electron chi connectivity index (χ3n) is 5.83. The largest absolute Gasteiger partial charge is 0.465 e. The van der Waals surface area contributed by atoms with Crippen LogP contribution >= 0.6 is 12.2 Å². The average molecular weight is 464 g/mol. The van der Waals surface area contributed by atoms with Crippen LogP contribution in [0.1, 0.15) is 40.3 Å². The molecule has 1 aromatic carbocycles. The normalized spacial score (nSPS) is 17.9. The van der Waals surface area contributed by atoms with Gasteiger partial charge >= 0.3 is 5.97 Å². The minimum Gasteiger partial charge on any atom is -0.465 e. The monoisotopic (exact) mass is 463 g/mol. The molecule has 1 aliphatic heterocycles. The fourth-order valence-electron chi connectivity index (χ4n) is 4.30. The molecule has 1 N–H and O–H groups in total. The van der Waals surface area contributed by atoms with Gasteiger partial charge in [0.05, 0.1) is 30.5 Å². The molecule has 3 heterocycles. The zero-order valence-electron chi connectivity index (χ0n) is 19.1. The van der Waals surface area contributed by atoms with Gasteiger partial charge in [0.15, 0.2) is 5.11 Å². The van der Waals surface area contributed by atoms with Crippen LogP contribution in [0.25, 0.3) is 5.69 Å². The number of thiocarbonyl (C=S) groups is 1. The average Bonchev–Trinajstić information content (AvgIpc) is 3.43. The number of methoxy groups -OCH3 is 1. The van der Waals surface area contributed by atoms with Gasteiger partial charge in [-0.3, -0.25) is 4.98 Å². The maximum absolute atomic E-state index is 12.1. The maximum Gasteiger partial charge on any atom is 0.337 e. The van der Waals surface area contributed by atoms with Crippen LogP contribution in [0.3, 0.4) is 0 Å². The van der Waals surface area contributed by atoms with Crippen molar-refractivity contribution >= 4 is 23.3 Å². The number of carbonyl (C=O) groups is 1. The number of esters is 1. The zero-order valence-corrected chi connectivity index (χ0v) is 20.0. The van der Waals surface area contributed by atoms with Crippen LogP contribution in [-0.2, 0) is 4.74 Å². The topological polar surface area (TPSA) is 62.6 Å². The summed E-state index contributed by atoms with van der Waals surface area (Å²) in [5, 5.41) is 4.24. The molecule has 1 fully saturated rings. The molecule has 2 atom stereocenters. The summed E-state index contributed by atoms with van der Waals surface area (Å²) in [6.45, 7) is 1.80. The number of nitrogens with zero attached hydrogens (tertiary/aromatic N) is 4. The van der Waals surface area contributed by atoms with Gasteiger partial charge in [0, 0.05) is 30.3 Å². The Bertz CT molecular complexity index is 1110. The minimum atomic E-state index is -0.356. The first-order chi connectivity index (χ1) is 16.0. The summed E-state index contributed by atoms with van der Waals surface area (Å²) >= 11 is 5.78. The quantitative estimate of drug-likeness (QED) is 0.405. The van der Waals surface area contributed by atoms with E-state index >= 15 is 0 Å². The van der Waals surface area contributed by atoms with Crippen LogP contribution in [0.15, 0.2) is 67.0 Å². The molecule has 0 saturated carbocycles. The smallest absolute Gasteiger partial charge is 0.337 e. The number of ether oxygens (including phenoxy) is 1. The molecule has 0 spiro atoms. The lowest BCUT2D eigenvalue weighted by atomic mass is 10.0. The molecule has 3 aromatic rings. The van der Waals surface area contributed by atoms with Gasteiger partial charge in [-0.2, -0.15) is 0 Å². The SMILES string of the molecule is COC(=O)c1cccc(-n2cccc2C2C(c3ccccn3)NC(=S)N2CCCN(C)C)c1. The first-order valence-corrected chi connectivity index (χ1v) is 11.4. The standard InChI is InChI=1S/C25H29N5O2S/c1-28(2)14-8-16-30-23(22(27-25(30)33)20-11-4-5-13-26-20)21-12-7-15-29(21)19-10-6-9-18(17-19)24(31)32-3/h4-7,9-13,15,17,22-23H,8,14,16H2,1-3H3,(H,27,33). The molecule has 0 radical (unpaired) electrons. The van der Waals surface area contributed by atoms with Crippen molar-refractivity contribution in [3.63, 3.8) is 0 Å². The maximum atomic E-state index is 12.1. The summed E-state index contributed by atoms with van der Waals surface area (Å²) in [6, 6.07) is 17.4. The van der Waals surface area contributed by atoms with Gasteiger partial charge in [0.2, 0.25) is 0 Å². The molecule has 0 aliphatic carbocycles. The Labute approximate surface area is 200 Å². The van der Waals surface area contributed by atoms with Crippen molar-refractivity contribution in [1.29, 1.82) is 0 Å². The predicted octanol–water partition coefficient (Wildman–Crippen LogP) is 3.58. The highest BCUT2D eigenvalue weighted by molar-refractivity contribution is 7.80. The van der Waals surface area contributed by atoms with Gasteiger partial charge in [-0.25, -0.2) is 4.79 Å². The number of benzene rings is 1. The van der Waals surface area contributed by atoms with E-state index in [0.717, 1.165) is 41.7 Å². The number of nitrogens with one attached hydrogen (secondary N) is 1. The molecule has 8 heteroatoms. The summed E-state index contributed by atoms with van der Waals surface area (Å²) < 4.78 is 7.03. The summed E-state index contributed by atoms with van der Waals surface area (Å²) in [5.74, 6) is -0.356. The summed E-state index contributed by atoms with van der Waals surface area (Å²) in [6.07, 6.45) is 4.81. The number of hydrogen-bond acceptors (Lipinski definition) is 5. The Morgan fingerprint density at radius 1 is 1.18 bits per heavy atom. The fraction of sp³-hybridized carbons (Fsp3) is 0.320. The summed E-state index contributed by atoms with van der Waals surface area (Å²) in [4.78, 5) is 21.2. The number of rotatable bonds is 8. The highest BCUT2D eigenvalue weighted by atomic mass is 32.1. The Morgan fingerprint density at radius 3 is 2.76 bits per heavy atom. The Kier molecular flexibility index (Phi) is 7.05. The molecule has 2 unspecified atom stereocenters. The number of pyridine rings is 1. The van der Waals surface area contributed by atoms with Crippen LogP contribution in [0.2, 0.25) is 0 Å². The Balaban J connectivity index is 1.74. The van der Waals surface area contributed by atoms with Crippen LogP contribution in [0.4, 0.5) is 0 Å². The van der Waals surface area contributed by atoms with Crippen LogP contribution in [-0.4, -0.2) is 64.7 Å². The molecule has 7 nitrogen and oxygen atoms in total. The van der Waals surface area contributed by atoms with E-state index in [-0.39, 0.29) is 18.1 Å². The van der Waals surface area contributed by atoms with Crippen LogP contribution in [0.5, 0.6) is 0 Å². The van der Waals surface area contributed by atoms with Crippen LogP contribution < -0.4 is 5.32 Å². The van der Waals surface area contributed by atoms with E-state index in [4.69, 9.17) is 17.0 Å². The summed E-state index contributed by atoms with van der Waals surface area (Å²) in [5.41, 5.74) is 3.42. The van der Waals surface area contributed by atoms with Gasteiger partial charge in [0.1, 0.15) is 0 Å². The fourth-order valence-corrected chi connectivity index (χ4v) is 4.63. The Hall–Kier alpha value is -3.23. The van der Waals surface area contributed by atoms with Crippen molar-refractivity contribution in [2.75, 3.05) is 34.3 Å². The Morgan fingerprint density at radius 2 is 2.03 bits per heavy atom. The second kappa shape index (κ2) is 10.1. The molecule has 33 heavy (non-hydrogen) atoms. The minimum absolute atomic E-state index is 0.0497. The number of hydrogen-bond donors (Lipinski definition) is 1. The zero-order chi connectivity index (χ0) is 23.4. The first kappa shape index (κ1) is 22.9. The number of aromatic nitrogens is 2. The molecular formula is C25H29N5O2S. The lowest BCUT2D eigenvalue weighted by Crippen LogP contribution is -2.33. The lowest BCUT2D eigenvalue weighted by molar-refractivity contribution is 0.0600. The van der Waals surface area contributed by atoms with Gasteiger partial charge < -0.3 is 24.4 Å². The second-order valence-corrected chi connectivity index (χ2v) is 8.71. The molecule has 0 bridgehead atoms. The summed E-state index contributed by atoms with van der Waals surface area (Å²) in [7, 11) is 5.55. The molecule has 172 valence electrons. The molecule has 2 aromatic heterocycles. The van der Waals surface area contributed by atoms with Gasteiger partial charge in [-0.05, 0) is 81.7 Å². The van der Waals surface area contributed by atoms with Crippen molar-refractivity contribution in [2.24, 2.45) is 0 Å². The third kappa shape index (κ3) is 4.91. The molecule has 1 saturated heterocycles. The molecule has 0 amide bonds. The third-order valence-corrected chi connectivity index (χ3v) is 6.18. The van der Waals surface area contributed by atoms with Crippen molar-refractivity contribution in [3.8, 4) is 5.69 Å². The number of carbonyl (C=O) groups excluding carboxylic acids is 1. The van der Waals surface area contributed by atoms with Crippen LogP contribution in [0, 0.1) is 0 Å². The van der Waals surface area contributed by atoms with E-state index in [0.29, 0.717) is 5.56 Å². The second-order valence-electron chi connectivity index (χ2n) is 8.32. The van der Waals surface area contributed by atoms with E-state index < -0.39 is 0 Å². The van der Waals surface area contributed by atoms with Gasteiger partial charge in [-0.1, -0.05) is 12.1 Å². The van der Waals surface area contributed by atoms with Crippen molar-refractivity contribution in [1.82, 2.24) is 24.7 Å². The van der Waals surface area contributed by atoms with E-state index in [2.05, 4.69) is 44.8 Å². The molecule has 4 rings (SSSR count). The van der Waals surface area contributed by atoms with E-state index in [1.54, 1.807) is 6.07 Å². The van der Waals surface area contributed by atoms with Crippen molar-refractivity contribution < 1.29 is 9.53 Å². The molecular weight excluding hydrogens is 434 g/mol. The lowest BCUT2D eigenvalue weighted by Gasteiger charge is -2.29. The molecule has 1 aliphatic rings. The highest BCUT2D eigenvalue weighted by Gasteiger charge is 2.41. The van der Waals surface area contributed by atoms with E-state index in [1.807, 2.05) is 54.9 Å². The van der Waals surface area contributed by atoms with E-state index in [9.17, 15) is 4.79 Å².